The smallest absolute Gasteiger partial charge is 0.202 e. The average molecular weight is 239 g/mol. The van der Waals surface area contributed by atoms with E-state index in [1.54, 1.807) is 0 Å². The van der Waals surface area contributed by atoms with Crippen LogP contribution in [0.3, 0.4) is 0 Å². The number of allylic oxidation sites excluding steroid dienone is 1. The summed E-state index contributed by atoms with van der Waals surface area (Å²) in [5.74, 6) is 1.32. The summed E-state index contributed by atoms with van der Waals surface area (Å²) in [7, 11) is 0. The van der Waals surface area contributed by atoms with E-state index in [1.165, 1.54) is 25.2 Å². The predicted octanol–water partition coefficient (Wildman–Crippen LogP) is 0.0923. The van der Waals surface area contributed by atoms with Gasteiger partial charge in [-0.05, 0) is 38.0 Å². The number of hydrogen-bond donors (Lipinski definition) is 2. The summed E-state index contributed by atoms with van der Waals surface area (Å²) in [5, 5.41) is 2.26. The van der Waals surface area contributed by atoms with E-state index in [0.717, 1.165) is 0 Å². The molecule has 3 heteroatoms. The fourth-order valence-corrected chi connectivity index (χ4v) is 1.75. The van der Waals surface area contributed by atoms with Gasteiger partial charge in [-0.1, -0.05) is 0 Å². The predicted molar refractivity (Wildman–Crippen MR) is 48.4 cm³/mol. The SMILES string of the molecule is C=INC1=CCCC[NH2+]1. The highest BCUT2D eigenvalue weighted by Gasteiger charge is 2.03. The van der Waals surface area contributed by atoms with E-state index in [9.17, 15) is 0 Å². The molecular formula is C6H12IN2+. The second-order valence-corrected chi connectivity index (χ2v) is 3.32. The van der Waals surface area contributed by atoms with Gasteiger partial charge in [-0.2, -0.15) is 0 Å². The van der Waals surface area contributed by atoms with Crippen molar-refractivity contribution >= 4 is 25.5 Å². The maximum absolute atomic E-state index is 3.82. The molecule has 0 aromatic carbocycles. The Bertz CT molecular complexity index is 131. The summed E-state index contributed by atoms with van der Waals surface area (Å²) >= 11 is -0.0173. The first-order chi connectivity index (χ1) is 4.43. The van der Waals surface area contributed by atoms with E-state index in [4.69, 9.17) is 0 Å². The van der Waals surface area contributed by atoms with Gasteiger partial charge in [-0.3, -0.25) is 8.85 Å². The van der Waals surface area contributed by atoms with Crippen molar-refractivity contribution in [3.05, 3.63) is 11.9 Å². The Hall–Kier alpha value is 0.1000. The van der Waals surface area contributed by atoms with Crippen LogP contribution < -0.4 is 8.85 Å². The number of nitrogens with two attached hydrogens (primary N) is 1. The molecule has 0 radical (unpaired) electrons. The van der Waals surface area contributed by atoms with Crippen LogP contribution >= 0.6 is 21.0 Å². The number of quaternary nitrogens is 1. The van der Waals surface area contributed by atoms with Gasteiger partial charge in [0.25, 0.3) is 0 Å². The standard InChI is InChI=1S/C6H11IN2/c1-7-9-6-4-2-3-5-8-6/h4,8-9H,1-3,5H2/p+1. The molecule has 0 spiro atoms. The Morgan fingerprint density at radius 3 is 3.22 bits per heavy atom. The highest BCUT2D eigenvalue weighted by atomic mass is 127. The van der Waals surface area contributed by atoms with Gasteiger partial charge in [0.15, 0.2) is 0 Å². The molecule has 1 aliphatic rings. The molecule has 0 unspecified atom stereocenters. The maximum Gasteiger partial charge on any atom is 0.202 e. The topological polar surface area (TPSA) is 28.6 Å². The van der Waals surface area contributed by atoms with Crippen molar-refractivity contribution in [2.75, 3.05) is 6.54 Å². The lowest BCUT2D eigenvalue weighted by atomic mass is 10.2. The van der Waals surface area contributed by atoms with E-state index in [2.05, 4.69) is 19.4 Å². The molecule has 1 heterocycles. The molecule has 1 aliphatic heterocycles. The lowest BCUT2D eigenvalue weighted by molar-refractivity contribution is -0.612. The summed E-state index contributed by atoms with van der Waals surface area (Å²) in [6.07, 6.45) is 4.82. The third kappa shape index (κ3) is 2.45. The summed E-state index contributed by atoms with van der Waals surface area (Å²) < 4.78 is 7.11. The molecule has 0 bridgehead atoms. The molecule has 0 aromatic rings. The van der Waals surface area contributed by atoms with Gasteiger partial charge < -0.3 is 0 Å². The van der Waals surface area contributed by atoms with Crippen LogP contribution in [-0.4, -0.2) is 11.1 Å². The zero-order valence-electron chi connectivity index (χ0n) is 5.36. The van der Waals surface area contributed by atoms with Crippen LogP contribution in [0.25, 0.3) is 0 Å². The van der Waals surface area contributed by atoms with Gasteiger partial charge in [0, 0.05) is 6.42 Å². The quantitative estimate of drug-likeness (QED) is 0.519. The minimum absolute atomic E-state index is 0.0173. The van der Waals surface area contributed by atoms with E-state index in [-0.39, 0.29) is 21.0 Å². The van der Waals surface area contributed by atoms with Crippen molar-refractivity contribution in [2.24, 2.45) is 0 Å². The molecule has 1 rings (SSSR count). The monoisotopic (exact) mass is 239 g/mol. The van der Waals surface area contributed by atoms with Crippen molar-refractivity contribution < 1.29 is 5.32 Å². The second kappa shape index (κ2) is 4.00. The lowest BCUT2D eigenvalue weighted by Gasteiger charge is -2.08. The van der Waals surface area contributed by atoms with Crippen molar-refractivity contribution in [3.63, 3.8) is 0 Å². The van der Waals surface area contributed by atoms with Crippen molar-refractivity contribution in [2.45, 2.75) is 12.8 Å². The Balaban J connectivity index is 2.36. The molecule has 0 aromatic heterocycles. The van der Waals surface area contributed by atoms with E-state index < -0.39 is 0 Å². The van der Waals surface area contributed by atoms with Gasteiger partial charge >= 0.3 is 0 Å². The van der Waals surface area contributed by atoms with Crippen molar-refractivity contribution in [3.8, 4) is 0 Å². The molecule has 2 nitrogen and oxygen atoms in total. The normalized spacial score (nSPS) is 18.9. The number of halogens is 1. The van der Waals surface area contributed by atoms with Gasteiger partial charge in [0.1, 0.15) is 0 Å². The number of rotatable bonds is 2. The van der Waals surface area contributed by atoms with Crippen LogP contribution in [0.1, 0.15) is 12.8 Å². The Morgan fingerprint density at radius 1 is 1.78 bits per heavy atom. The van der Waals surface area contributed by atoms with Crippen LogP contribution in [0.4, 0.5) is 0 Å². The van der Waals surface area contributed by atoms with Gasteiger partial charge in [0.05, 0.1) is 6.54 Å². The molecule has 3 N–H and O–H groups in total. The van der Waals surface area contributed by atoms with Crippen LogP contribution in [0.15, 0.2) is 11.9 Å². The van der Waals surface area contributed by atoms with Crippen LogP contribution in [-0.2, 0) is 0 Å². The fourth-order valence-electron chi connectivity index (χ4n) is 0.871. The van der Waals surface area contributed by atoms with E-state index in [1.807, 2.05) is 0 Å². The summed E-state index contributed by atoms with van der Waals surface area (Å²) in [6, 6.07) is 0. The maximum atomic E-state index is 3.82. The third-order valence-corrected chi connectivity index (χ3v) is 2.32. The third-order valence-electron chi connectivity index (χ3n) is 1.31. The first-order valence-corrected chi connectivity index (χ1v) is 5.70. The molecule has 52 valence electrons. The van der Waals surface area contributed by atoms with Crippen molar-refractivity contribution in [1.82, 2.24) is 3.53 Å². The molecule has 0 fully saturated rings. The van der Waals surface area contributed by atoms with Crippen molar-refractivity contribution in [1.29, 1.82) is 0 Å². The summed E-state index contributed by atoms with van der Waals surface area (Å²) in [4.78, 5) is 0. The highest BCUT2D eigenvalue weighted by Crippen LogP contribution is 1.96. The molecule has 0 saturated heterocycles. The molecule has 0 atom stereocenters. The minimum atomic E-state index is -0.0173. The Kier molecular flexibility index (Phi) is 3.21. The fraction of sp³-hybridized carbons (Fsp3) is 0.500. The zero-order valence-corrected chi connectivity index (χ0v) is 7.52. The first-order valence-electron chi connectivity index (χ1n) is 3.10. The summed E-state index contributed by atoms with van der Waals surface area (Å²) in [6.45, 7) is 1.24. The van der Waals surface area contributed by atoms with Crippen LogP contribution in [0, 0.1) is 0 Å². The van der Waals surface area contributed by atoms with Gasteiger partial charge in [0.2, 0.25) is 5.82 Å². The second-order valence-electron chi connectivity index (χ2n) is 2.02. The average Bonchev–Trinajstić information content (AvgIpc) is 1.91. The molecule has 0 saturated carbocycles. The van der Waals surface area contributed by atoms with E-state index in [0.29, 0.717) is 0 Å². The number of nitrogens with one attached hydrogen (secondary N) is 1. The Labute approximate surface area is 65.8 Å². The first kappa shape index (κ1) is 7.21. The van der Waals surface area contributed by atoms with E-state index >= 15 is 0 Å². The molecule has 0 amide bonds. The van der Waals surface area contributed by atoms with Crippen LogP contribution in [0.5, 0.6) is 0 Å². The minimum Gasteiger partial charge on any atom is -0.299 e. The molecular weight excluding hydrogens is 227 g/mol. The molecule has 9 heavy (non-hydrogen) atoms. The largest absolute Gasteiger partial charge is 0.299 e. The van der Waals surface area contributed by atoms with Gasteiger partial charge in [-0.15, -0.1) is 0 Å². The highest BCUT2D eigenvalue weighted by molar-refractivity contribution is 14.2. The zero-order chi connectivity index (χ0) is 6.53. The lowest BCUT2D eigenvalue weighted by Crippen LogP contribution is -2.85. The Morgan fingerprint density at radius 2 is 2.67 bits per heavy atom. The van der Waals surface area contributed by atoms with Crippen LogP contribution in [0.2, 0.25) is 0 Å². The number of hydrogen-bond acceptors (Lipinski definition) is 1. The van der Waals surface area contributed by atoms with Gasteiger partial charge in [-0.25, -0.2) is 0 Å². The molecule has 0 aliphatic carbocycles. The summed E-state index contributed by atoms with van der Waals surface area (Å²) in [5.41, 5.74) is 0.